The molecule has 1 aliphatic heterocycles. The molecule has 0 bridgehead atoms. The number of nitrogens with one attached hydrogen (secondary N) is 1. The molecule has 0 fully saturated rings. The Balaban J connectivity index is 1.85. The molecule has 122 valence electrons. The topological polar surface area (TPSA) is 84.4 Å². The molecule has 3 atom stereocenters. The summed E-state index contributed by atoms with van der Waals surface area (Å²) in [4.78, 5) is 12.0. The first kappa shape index (κ1) is 16.6. The van der Waals surface area contributed by atoms with E-state index in [4.69, 9.17) is 9.47 Å². The van der Waals surface area contributed by atoms with Crippen LogP contribution in [-0.4, -0.2) is 48.5 Å². The van der Waals surface area contributed by atoms with Crippen molar-refractivity contribution < 1.29 is 24.7 Å². The Bertz CT molecular complexity index is 507. The highest BCUT2D eigenvalue weighted by Gasteiger charge is 2.29. The number of fused-ring (bicyclic) bond motifs is 1. The van der Waals surface area contributed by atoms with Gasteiger partial charge in [0.2, 0.25) is 0 Å². The standard InChI is InChI=1S/C16H24N2O4/c1-10(2)17-8-12(19)16(20)18-11(3)15-9-21-13-6-4-5-7-14(13)22-15/h4-7,10-12,15,17,19H,8-9H2,1-3H3,(H,18,20)/p+1/t11-,12-,15-/m0/s1. The minimum Gasteiger partial charge on any atom is -0.486 e. The Morgan fingerprint density at radius 2 is 2.05 bits per heavy atom. The molecule has 1 aromatic carbocycles. The van der Waals surface area contributed by atoms with Gasteiger partial charge < -0.3 is 25.2 Å². The molecule has 1 aromatic rings. The fourth-order valence-electron chi connectivity index (χ4n) is 2.20. The smallest absolute Gasteiger partial charge is 0.255 e. The third kappa shape index (κ3) is 4.35. The number of hydrogen-bond acceptors (Lipinski definition) is 4. The number of quaternary nitrogens is 1. The minimum absolute atomic E-state index is 0.255. The van der Waals surface area contributed by atoms with Gasteiger partial charge in [0.15, 0.2) is 23.7 Å². The predicted molar refractivity (Wildman–Crippen MR) is 81.9 cm³/mol. The molecule has 0 spiro atoms. The van der Waals surface area contributed by atoms with Crippen molar-refractivity contribution in [2.75, 3.05) is 13.2 Å². The number of ether oxygens (including phenoxy) is 2. The number of rotatable bonds is 6. The molecule has 0 aromatic heterocycles. The van der Waals surface area contributed by atoms with Crippen molar-refractivity contribution in [3.8, 4) is 11.5 Å². The quantitative estimate of drug-likeness (QED) is 0.671. The zero-order valence-electron chi connectivity index (χ0n) is 13.3. The van der Waals surface area contributed by atoms with Gasteiger partial charge in [-0.05, 0) is 32.9 Å². The van der Waals surface area contributed by atoms with Crippen LogP contribution >= 0.6 is 0 Å². The highest BCUT2D eigenvalue weighted by molar-refractivity contribution is 5.80. The summed E-state index contributed by atoms with van der Waals surface area (Å²) in [7, 11) is 0. The number of aliphatic hydroxyl groups excluding tert-OH is 1. The van der Waals surface area contributed by atoms with Crippen molar-refractivity contribution in [1.29, 1.82) is 0 Å². The maximum Gasteiger partial charge on any atom is 0.255 e. The molecule has 1 amide bonds. The first-order chi connectivity index (χ1) is 10.5. The Kier molecular flexibility index (Phi) is 5.63. The summed E-state index contributed by atoms with van der Waals surface area (Å²) in [5.41, 5.74) is 0. The van der Waals surface area contributed by atoms with Crippen LogP contribution in [0.5, 0.6) is 11.5 Å². The van der Waals surface area contributed by atoms with E-state index < -0.39 is 6.10 Å². The number of amides is 1. The van der Waals surface area contributed by atoms with Gasteiger partial charge in [-0.1, -0.05) is 12.1 Å². The lowest BCUT2D eigenvalue weighted by Crippen LogP contribution is -2.91. The van der Waals surface area contributed by atoms with Crippen molar-refractivity contribution >= 4 is 5.91 Å². The van der Waals surface area contributed by atoms with Crippen LogP contribution < -0.4 is 20.1 Å². The first-order valence-corrected chi connectivity index (χ1v) is 7.67. The van der Waals surface area contributed by atoms with E-state index in [-0.39, 0.29) is 18.1 Å². The first-order valence-electron chi connectivity index (χ1n) is 7.67. The van der Waals surface area contributed by atoms with Gasteiger partial charge >= 0.3 is 0 Å². The summed E-state index contributed by atoms with van der Waals surface area (Å²) >= 11 is 0. The van der Waals surface area contributed by atoms with Crippen LogP contribution in [0.25, 0.3) is 0 Å². The Morgan fingerprint density at radius 3 is 2.73 bits per heavy atom. The summed E-state index contributed by atoms with van der Waals surface area (Å²) in [5.74, 6) is 1.00. The van der Waals surface area contributed by atoms with E-state index in [9.17, 15) is 9.90 Å². The molecule has 2 rings (SSSR count). The minimum atomic E-state index is -1.03. The summed E-state index contributed by atoms with van der Waals surface area (Å²) in [6.45, 7) is 6.59. The molecule has 1 aliphatic rings. The molecule has 22 heavy (non-hydrogen) atoms. The zero-order chi connectivity index (χ0) is 16.1. The molecule has 6 nitrogen and oxygen atoms in total. The molecule has 6 heteroatoms. The van der Waals surface area contributed by atoms with Crippen molar-refractivity contribution in [3.05, 3.63) is 24.3 Å². The highest BCUT2D eigenvalue weighted by Crippen LogP contribution is 2.31. The fraction of sp³-hybridized carbons (Fsp3) is 0.562. The van der Waals surface area contributed by atoms with Gasteiger partial charge in [0.25, 0.3) is 5.91 Å². The average Bonchev–Trinajstić information content (AvgIpc) is 2.51. The van der Waals surface area contributed by atoms with E-state index in [1.54, 1.807) is 0 Å². The van der Waals surface area contributed by atoms with Gasteiger partial charge in [0.1, 0.15) is 13.2 Å². The zero-order valence-corrected chi connectivity index (χ0v) is 13.3. The van der Waals surface area contributed by atoms with Gasteiger partial charge in [-0.2, -0.15) is 0 Å². The second-order valence-electron chi connectivity index (χ2n) is 5.94. The lowest BCUT2D eigenvalue weighted by Gasteiger charge is -2.31. The Morgan fingerprint density at radius 1 is 1.36 bits per heavy atom. The largest absolute Gasteiger partial charge is 0.486 e. The molecular formula is C16H25N2O4+. The molecule has 1 heterocycles. The molecule has 0 aliphatic carbocycles. The average molecular weight is 309 g/mol. The number of nitrogens with two attached hydrogens (primary N) is 1. The third-order valence-electron chi connectivity index (χ3n) is 3.59. The van der Waals surface area contributed by atoms with E-state index in [0.29, 0.717) is 30.7 Å². The van der Waals surface area contributed by atoms with Crippen LogP contribution in [0.2, 0.25) is 0 Å². The molecule has 0 radical (unpaired) electrons. The van der Waals surface area contributed by atoms with Crippen molar-refractivity contribution in [1.82, 2.24) is 5.32 Å². The maximum absolute atomic E-state index is 12.0. The van der Waals surface area contributed by atoms with E-state index in [1.165, 1.54) is 0 Å². The van der Waals surface area contributed by atoms with Crippen LogP contribution in [-0.2, 0) is 4.79 Å². The number of hydrogen-bond donors (Lipinski definition) is 3. The monoisotopic (exact) mass is 309 g/mol. The number of benzene rings is 1. The van der Waals surface area contributed by atoms with Crippen LogP contribution in [0.3, 0.4) is 0 Å². The van der Waals surface area contributed by atoms with Crippen LogP contribution in [0, 0.1) is 0 Å². The second-order valence-corrected chi connectivity index (χ2v) is 5.94. The summed E-state index contributed by atoms with van der Waals surface area (Å²) in [5, 5.41) is 14.6. The van der Waals surface area contributed by atoms with E-state index in [2.05, 4.69) is 5.32 Å². The summed E-state index contributed by atoms with van der Waals surface area (Å²) in [6.07, 6.45) is -1.30. The number of para-hydroxylation sites is 2. The van der Waals surface area contributed by atoms with E-state index in [0.717, 1.165) is 0 Å². The number of carbonyl (C=O) groups excluding carboxylic acids is 1. The molecular weight excluding hydrogens is 284 g/mol. The maximum atomic E-state index is 12.0. The lowest BCUT2D eigenvalue weighted by molar-refractivity contribution is -0.686. The van der Waals surface area contributed by atoms with E-state index in [1.807, 2.05) is 50.4 Å². The Hall–Kier alpha value is -1.79. The van der Waals surface area contributed by atoms with Crippen LogP contribution in [0.4, 0.5) is 0 Å². The highest BCUT2D eigenvalue weighted by atomic mass is 16.6. The number of carbonyl (C=O) groups is 1. The SMILES string of the molecule is CC(C)[NH2+]C[C@H](O)C(=O)N[C@@H](C)[C@@H]1COc2ccccc2O1. The van der Waals surface area contributed by atoms with Gasteiger partial charge in [-0.15, -0.1) is 0 Å². The van der Waals surface area contributed by atoms with Gasteiger partial charge in [-0.25, -0.2) is 0 Å². The molecule has 0 saturated carbocycles. The molecule has 4 N–H and O–H groups in total. The van der Waals surface area contributed by atoms with Gasteiger partial charge in [-0.3, -0.25) is 4.79 Å². The van der Waals surface area contributed by atoms with E-state index >= 15 is 0 Å². The molecule has 0 saturated heterocycles. The van der Waals surface area contributed by atoms with Crippen molar-refractivity contribution in [2.45, 2.75) is 45.1 Å². The third-order valence-corrected chi connectivity index (χ3v) is 3.59. The fourth-order valence-corrected chi connectivity index (χ4v) is 2.20. The lowest BCUT2D eigenvalue weighted by atomic mass is 10.1. The Labute approximate surface area is 130 Å². The van der Waals surface area contributed by atoms with Gasteiger partial charge in [0.05, 0.1) is 12.1 Å². The van der Waals surface area contributed by atoms with Crippen molar-refractivity contribution in [2.24, 2.45) is 0 Å². The molecule has 0 unspecified atom stereocenters. The normalized spacial score (nSPS) is 19.6. The van der Waals surface area contributed by atoms with Crippen LogP contribution in [0.1, 0.15) is 20.8 Å². The summed E-state index contributed by atoms with van der Waals surface area (Å²) in [6, 6.07) is 7.53. The second kappa shape index (κ2) is 7.47. The van der Waals surface area contributed by atoms with Gasteiger partial charge in [0, 0.05) is 0 Å². The summed E-state index contributed by atoms with van der Waals surface area (Å²) < 4.78 is 11.5. The predicted octanol–water partition coefficient (Wildman–Crippen LogP) is -0.336. The number of aliphatic hydroxyl groups is 1. The van der Waals surface area contributed by atoms with Crippen LogP contribution in [0.15, 0.2) is 24.3 Å². The van der Waals surface area contributed by atoms with Crippen molar-refractivity contribution in [3.63, 3.8) is 0 Å².